The van der Waals surface area contributed by atoms with Gasteiger partial charge in [-0.25, -0.2) is 9.37 Å². The molecule has 2 rings (SSSR count). The van der Waals surface area contributed by atoms with Crippen molar-refractivity contribution in [1.29, 1.82) is 0 Å². The number of amides is 1. The monoisotopic (exact) mass is 306 g/mol. The molecule has 0 aliphatic carbocycles. The van der Waals surface area contributed by atoms with E-state index in [9.17, 15) is 9.18 Å². The summed E-state index contributed by atoms with van der Waals surface area (Å²) in [6.45, 7) is 4.43. The van der Waals surface area contributed by atoms with Crippen LogP contribution in [-0.2, 0) is 7.05 Å². The van der Waals surface area contributed by atoms with Crippen LogP contribution >= 0.6 is 0 Å². The molecule has 22 heavy (non-hydrogen) atoms. The van der Waals surface area contributed by atoms with E-state index in [1.165, 1.54) is 28.8 Å². The largest absolute Gasteiger partial charge is 0.479 e. The Kier molecular flexibility index (Phi) is 4.75. The summed E-state index contributed by atoms with van der Waals surface area (Å²) in [6.07, 6.45) is 2.69. The van der Waals surface area contributed by atoms with E-state index < -0.39 is 5.82 Å². The molecule has 2 aromatic heterocycles. The summed E-state index contributed by atoms with van der Waals surface area (Å²) >= 11 is 0. The van der Waals surface area contributed by atoms with E-state index >= 15 is 0 Å². The molecular formula is C15H19FN4O2. The van der Waals surface area contributed by atoms with Gasteiger partial charge < -0.3 is 4.74 Å². The summed E-state index contributed by atoms with van der Waals surface area (Å²) in [5.74, 6) is 0.144. The van der Waals surface area contributed by atoms with E-state index in [2.05, 4.69) is 10.1 Å². The highest BCUT2D eigenvalue weighted by molar-refractivity contribution is 6.07. The zero-order valence-corrected chi connectivity index (χ0v) is 13.1. The molecular weight excluding hydrogens is 287 g/mol. The van der Waals surface area contributed by atoms with Crippen LogP contribution in [0.1, 0.15) is 24.2 Å². The predicted molar refractivity (Wildman–Crippen MR) is 80.5 cm³/mol. The molecule has 0 unspecified atom stereocenters. The lowest BCUT2D eigenvalue weighted by molar-refractivity contribution is 0.0980. The zero-order valence-electron chi connectivity index (χ0n) is 13.1. The summed E-state index contributed by atoms with van der Waals surface area (Å²) in [6, 6.07) is 2.77. The molecule has 0 atom stereocenters. The first-order valence-corrected chi connectivity index (χ1v) is 6.93. The van der Waals surface area contributed by atoms with Gasteiger partial charge in [-0.15, -0.1) is 5.10 Å². The van der Waals surface area contributed by atoms with Gasteiger partial charge in [0.1, 0.15) is 17.2 Å². The summed E-state index contributed by atoms with van der Waals surface area (Å²) < 4.78 is 19.7. The Labute approximate surface area is 128 Å². The molecule has 7 heteroatoms. The first-order chi connectivity index (χ1) is 10.4. The SMILES string of the molecule is COc1nn(C)cc1C(=O)N(CC(C)C)c1ccc(F)cn1. The van der Waals surface area contributed by atoms with Crippen molar-refractivity contribution in [3.63, 3.8) is 0 Å². The van der Waals surface area contributed by atoms with Gasteiger partial charge in [0.15, 0.2) is 0 Å². The third-order valence-electron chi connectivity index (χ3n) is 3.00. The fourth-order valence-electron chi connectivity index (χ4n) is 2.08. The molecule has 0 saturated carbocycles. The summed E-state index contributed by atoms with van der Waals surface area (Å²) in [4.78, 5) is 18.3. The molecule has 0 saturated heterocycles. The van der Waals surface area contributed by atoms with E-state index in [-0.39, 0.29) is 17.7 Å². The van der Waals surface area contributed by atoms with Crippen LogP contribution in [0, 0.1) is 11.7 Å². The van der Waals surface area contributed by atoms with E-state index in [4.69, 9.17) is 4.74 Å². The number of ether oxygens (including phenoxy) is 1. The lowest BCUT2D eigenvalue weighted by Crippen LogP contribution is -2.35. The first kappa shape index (κ1) is 15.9. The second kappa shape index (κ2) is 6.55. The van der Waals surface area contributed by atoms with E-state index in [1.807, 2.05) is 13.8 Å². The average molecular weight is 306 g/mol. The fourth-order valence-corrected chi connectivity index (χ4v) is 2.08. The summed E-state index contributed by atoms with van der Waals surface area (Å²) in [5.41, 5.74) is 0.344. The van der Waals surface area contributed by atoms with Crippen molar-refractivity contribution in [3.05, 3.63) is 35.9 Å². The molecule has 118 valence electrons. The molecule has 0 aromatic carbocycles. The molecule has 2 heterocycles. The number of aromatic nitrogens is 3. The minimum atomic E-state index is -0.445. The normalized spacial score (nSPS) is 10.8. The Hall–Kier alpha value is -2.44. The number of aryl methyl sites for hydroxylation is 1. The number of carbonyl (C=O) groups excluding carboxylic acids is 1. The maximum atomic E-state index is 13.1. The van der Waals surface area contributed by atoms with E-state index in [0.717, 1.165) is 6.20 Å². The Morgan fingerprint density at radius 3 is 2.73 bits per heavy atom. The fraction of sp³-hybridized carbons (Fsp3) is 0.400. The van der Waals surface area contributed by atoms with Gasteiger partial charge in [0.05, 0.1) is 13.3 Å². The second-order valence-electron chi connectivity index (χ2n) is 5.37. The van der Waals surface area contributed by atoms with Crippen molar-refractivity contribution < 1.29 is 13.9 Å². The smallest absolute Gasteiger partial charge is 0.266 e. The van der Waals surface area contributed by atoms with Crippen molar-refractivity contribution in [1.82, 2.24) is 14.8 Å². The van der Waals surface area contributed by atoms with Crippen molar-refractivity contribution in [3.8, 4) is 5.88 Å². The van der Waals surface area contributed by atoms with E-state index in [0.29, 0.717) is 17.9 Å². The standard InChI is InChI=1S/C15H19FN4O2/c1-10(2)8-20(13-6-5-11(16)7-17-13)15(21)12-9-19(3)18-14(12)22-4/h5-7,9-10H,8H2,1-4H3. The molecule has 0 fully saturated rings. The molecule has 0 N–H and O–H groups in total. The van der Waals surface area contributed by atoms with Crippen LogP contribution in [0.5, 0.6) is 5.88 Å². The Morgan fingerprint density at radius 2 is 2.18 bits per heavy atom. The third-order valence-corrected chi connectivity index (χ3v) is 3.00. The molecule has 1 amide bonds. The van der Waals surface area contributed by atoms with Crippen LogP contribution in [0.15, 0.2) is 24.5 Å². The lowest BCUT2D eigenvalue weighted by Gasteiger charge is -2.23. The Morgan fingerprint density at radius 1 is 1.45 bits per heavy atom. The molecule has 0 aliphatic heterocycles. The van der Waals surface area contributed by atoms with Gasteiger partial charge in [0.25, 0.3) is 5.91 Å². The minimum Gasteiger partial charge on any atom is -0.479 e. The van der Waals surface area contributed by atoms with E-state index in [1.54, 1.807) is 13.2 Å². The van der Waals surface area contributed by atoms with Crippen molar-refractivity contribution in [2.45, 2.75) is 13.8 Å². The summed E-state index contributed by atoms with van der Waals surface area (Å²) in [5, 5.41) is 4.09. The van der Waals surface area contributed by atoms with Crippen molar-refractivity contribution in [2.24, 2.45) is 13.0 Å². The Bertz CT molecular complexity index is 652. The molecule has 0 spiro atoms. The summed E-state index contributed by atoms with van der Waals surface area (Å²) in [7, 11) is 3.17. The number of carbonyl (C=O) groups is 1. The van der Waals surface area contributed by atoms with Gasteiger partial charge >= 0.3 is 0 Å². The molecule has 6 nitrogen and oxygen atoms in total. The highest BCUT2D eigenvalue weighted by Crippen LogP contribution is 2.22. The van der Waals surface area contributed by atoms with Gasteiger partial charge in [-0.2, -0.15) is 0 Å². The number of pyridine rings is 1. The predicted octanol–water partition coefficient (Wildman–Crippen LogP) is 2.27. The van der Waals surface area contributed by atoms with Crippen LogP contribution in [0.3, 0.4) is 0 Å². The number of anilines is 1. The maximum Gasteiger partial charge on any atom is 0.266 e. The van der Waals surface area contributed by atoms with Crippen molar-refractivity contribution >= 4 is 11.7 Å². The van der Waals surface area contributed by atoms with Crippen LogP contribution in [0.4, 0.5) is 10.2 Å². The molecule has 0 radical (unpaired) electrons. The van der Waals surface area contributed by atoms with Crippen molar-refractivity contribution in [2.75, 3.05) is 18.6 Å². The maximum absolute atomic E-state index is 13.1. The van der Waals surface area contributed by atoms with Gasteiger partial charge in [-0.1, -0.05) is 13.8 Å². The highest BCUT2D eigenvalue weighted by Gasteiger charge is 2.25. The number of hydrogen-bond donors (Lipinski definition) is 0. The van der Waals surface area contributed by atoms with Crippen LogP contribution in [-0.4, -0.2) is 34.3 Å². The number of hydrogen-bond acceptors (Lipinski definition) is 4. The van der Waals surface area contributed by atoms with Gasteiger partial charge in [0.2, 0.25) is 5.88 Å². The van der Waals surface area contributed by atoms with Gasteiger partial charge in [-0.05, 0) is 18.1 Å². The van der Waals surface area contributed by atoms with Gasteiger partial charge in [0, 0.05) is 19.8 Å². The number of nitrogens with zero attached hydrogens (tertiary/aromatic N) is 4. The number of methoxy groups -OCH3 is 1. The first-order valence-electron chi connectivity index (χ1n) is 6.93. The third kappa shape index (κ3) is 3.41. The topological polar surface area (TPSA) is 60.3 Å². The second-order valence-corrected chi connectivity index (χ2v) is 5.37. The van der Waals surface area contributed by atoms with Crippen LogP contribution < -0.4 is 9.64 Å². The highest BCUT2D eigenvalue weighted by atomic mass is 19.1. The van der Waals surface area contributed by atoms with Crippen LogP contribution in [0.25, 0.3) is 0 Å². The quantitative estimate of drug-likeness (QED) is 0.850. The Balaban J connectivity index is 2.40. The van der Waals surface area contributed by atoms with Crippen LogP contribution in [0.2, 0.25) is 0 Å². The number of rotatable bonds is 5. The molecule has 2 aromatic rings. The zero-order chi connectivity index (χ0) is 16.3. The minimum absolute atomic E-state index is 0.221. The molecule has 0 bridgehead atoms. The average Bonchev–Trinajstić information content (AvgIpc) is 2.86. The van der Waals surface area contributed by atoms with Gasteiger partial charge in [-0.3, -0.25) is 14.4 Å². The molecule has 0 aliphatic rings. The lowest BCUT2D eigenvalue weighted by atomic mass is 10.2. The number of halogens is 1.